The predicted octanol–water partition coefficient (Wildman–Crippen LogP) is 4.92. The molecule has 0 fully saturated rings. The minimum atomic E-state index is -0.354. The molecular weight excluding hydrogens is 402 g/mol. The van der Waals surface area contributed by atoms with Crippen molar-refractivity contribution in [2.75, 3.05) is 17.2 Å². The number of thiophene rings is 1. The van der Waals surface area contributed by atoms with Crippen LogP contribution in [0.15, 0.2) is 48.5 Å². The van der Waals surface area contributed by atoms with Gasteiger partial charge in [-0.15, -0.1) is 11.3 Å². The molecule has 1 aromatic heterocycles. The average molecular weight is 426 g/mol. The first-order valence-corrected chi connectivity index (χ1v) is 10.3. The van der Waals surface area contributed by atoms with Crippen molar-refractivity contribution in [2.24, 2.45) is 0 Å². The van der Waals surface area contributed by atoms with Gasteiger partial charge < -0.3 is 20.7 Å². The maximum absolute atomic E-state index is 12.4. The molecule has 0 aliphatic carbocycles. The molecule has 3 aromatic rings. The Morgan fingerprint density at radius 2 is 1.80 bits per heavy atom. The normalized spacial score (nSPS) is 11.6. The number of rotatable bonds is 6. The van der Waals surface area contributed by atoms with E-state index in [2.05, 4.69) is 16.0 Å². The number of amides is 3. The van der Waals surface area contributed by atoms with Crippen molar-refractivity contribution in [3.05, 3.63) is 59.0 Å². The van der Waals surface area contributed by atoms with E-state index < -0.39 is 0 Å². The molecule has 0 unspecified atom stereocenters. The number of hydrogen-bond acceptors (Lipinski definition) is 5. The Bertz CT molecular complexity index is 1090. The first kappa shape index (κ1) is 21.3. The molecule has 3 rings (SSSR count). The van der Waals surface area contributed by atoms with Crippen molar-refractivity contribution in [1.82, 2.24) is 5.32 Å². The van der Waals surface area contributed by atoms with Gasteiger partial charge in [0.2, 0.25) is 5.91 Å². The Morgan fingerprint density at radius 1 is 1.03 bits per heavy atom. The zero-order chi connectivity index (χ0) is 21.7. The third-order valence-corrected chi connectivity index (χ3v) is 5.40. The molecule has 30 heavy (non-hydrogen) atoms. The summed E-state index contributed by atoms with van der Waals surface area (Å²) < 4.78 is 5.97. The van der Waals surface area contributed by atoms with E-state index in [0.29, 0.717) is 22.9 Å². The van der Waals surface area contributed by atoms with Gasteiger partial charge in [-0.2, -0.15) is 0 Å². The van der Waals surface area contributed by atoms with Crippen molar-refractivity contribution in [3.63, 3.8) is 0 Å². The number of esters is 1. The topological polar surface area (TPSA) is 96.5 Å². The van der Waals surface area contributed by atoms with E-state index >= 15 is 0 Å². The molecule has 0 bridgehead atoms. The van der Waals surface area contributed by atoms with E-state index in [0.717, 1.165) is 15.6 Å². The second kappa shape index (κ2) is 9.41. The van der Waals surface area contributed by atoms with Crippen molar-refractivity contribution in [3.8, 4) is 0 Å². The van der Waals surface area contributed by atoms with E-state index in [1.54, 1.807) is 25.1 Å². The SMILES string of the molecule is CCOC(=O)c1cc2cc(NC(=O)N[C@H](C)c3cccc(NC(C)=O)c3)ccc2s1. The Hall–Kier alpha value is -3.39. The number of nitrogens with one attached hydrogen (secondary N) is 3. The van der Waals surface area contributed by atoms with Crippen molar-refractivity contribution in [1.29, 1.82) is 0 Å². The fourth-order valence-electron chi connectivity index (χ4n) is 2.96. The van der Waals surface area contributed by atoms with Gasteiger partial charge in [-0.1, -0.05) is 12.1 Å². The van der Waals surface area contributed by atoms with Crippen LogP contribution in [0.4, 0.5) is 16.2 Å². The van der Waals surface area contributed by atoms with Gasteiger partial charge in [0.05, 0.1) is 12.6 Å². The van der Waals surface area contributed by atoms with Gasteiger partial charge in [-0.3, -0.25) is 4.79 Å². The molecule has 2 aromatic carbocycles. The molecule has 1 heterocycles. The maximum Gasteiger partial charge on any atom is 0.348 e. The Morgan fingerprint density at radius 3 is 2.53 bits per heavy atom. The number of anilines is 2. The molecule has 0 radical (unpaired) electrons. The largest absolute Gasteiger partial charge is 0.462 e. The van der Waals surface area contributed by atoms with Crippen molar-refractivity contribution < 1.29 is 19.1 Å². The molecule has 1 atom stereocenters. The summed E-state index contributed by atoms with van der Waals surface area (Å²) in [5.74, 6) is -0.498. The number of fused-ring (bicyclic) bond motifs is 1. The second-order valence-corrected chi connectivity index (χ2v) is 7.79. The van der Waals surface area contributed by atoms with Crippen LogP contribution < -0.4 is 16.0 Å². The maximum atomic E-state index is 12.4. The number of urea groups is 1. The van der Waals surface area contributed by atoms with Gasteiger partial charge in [-0.05, 0) is 61.2 Å². The highest BCUT2D eigenvalue weighted by Gasteiger charge is 2.13. The fraction of sp³-hybridized carbons (Fsp3) is 0.227. The summed E-state index contributed by atoms with van der Waals surface area (Å²) in [5.41, 5.74) is 2.16. The molecule has 3 amide bonds. The molecule has 0 aliphatic rings. The van der Waals surface area contributed by atoms with Crippen LogP contribution in [-0.4, -0.2) is 24.5 Å². The minimum Gasteiger partial charge on any atom is -0.462 e. The zero-order valence-electron chi connectivity index (χ0n) is 16.9. The molecule has 7 nitrogen and oxygen atoms in total. The number of ether oxygens (including phenoxy) is 1. The van der Waals surface area contributed by atoms with Gasteiger partial charge in [0.25, 0.3) is 0 Å². The Kier molecular flexibility index (Phi) is 6.68. The van der Waals surface area contributed by atoms with Crippen LogP contribution in [0.2, 0.25) is 0 Å². The van der Waals surface area contributed by atoms with Crippen molar-refractivity contribution in [2.45, 2.75) is 26.8 Å². The third-order valence-electron chi connectivity index (χ3n) is 4.31. The Balaban J connectivity index is 1.66. The van der Waals surface area contributed by atoms with Crippen LogP contribution in [0, 0.1) is 0 Å². The average Bonchev–Trinajstić information content (AvgIpc) is 3.11. The summed E-state index contributed by atoms with van der Waals surface area (Å²) >= 11 is 1.35. The van der Waals surface area contributed by atoms with Gasteiger partial charge in [-0.25, -0.2) is 9.59 Å². The van der Waals surface area contributed by atoms with Crippen LogP contribution in [0.25, 0.3) is 10.1 Å². The highest BCUT2D eigenvalue weighted by atomic mass is 32.1. The predicted molar refractivity (Wildman–Crippen MR) is 119 cm³/mol. The number of carbonyl (C=O) groups excluding carboxylic acids is 3. The van der Waals surface area contributed by atoms with E-state index in [1.165, 1.54) is 18.3 Å². The summed E-state index contributed by atoms with van der Waals surface area (Å²) in [6.45, 7) is 5.40. The standard InChI is InChI=1S/C22H23N3O4S/c1-4-29-21(27)20-12-16-11-18(8-9-19(16)30-20)25-22(28)23-13(2)15-6-5-7-17(10-15)24-14(3)26/h5-13H,4H2,1-3H3,(H,24,26)(H2,23,25,28)/t13-/m1/s1. The molecule has 156 valence electrons. The van der Waals surface area contributed by atoms with Gasteiger partial charge in [0, 0.05) is 23.0 Å². The first-order chi connectivity index (χ1) is 14.4. The van der Waals surface area contributed by atoms with Crippen LogP contribution in [-0.2, 0) is 9.53 Å². The lowest BCUT2D eigenvalue weighted by Gasteiger charge is -2.16. The first-order valence-electron chi connectivity index (χ1n) is 9.51. The third kappa shape index (κ3) is 5.36. The highest BCUT2D eigenvalue weighted by molar-refractivity contribution is 7.20. The number of carbonyl (C=O) groups is 3. The lowest BCUT2D eigenvalue weighted by atomic mass is 10.1. The zero-order valence-corrected chi connectivity index (χ0v) is 17.8. The van der Waals surface area contributed by atoms with Gasteiger partial charge in [0.1, 0.15) is 4.88 Å². The molecule has 0 saturated heterocycles. The Labute approximate surface area is 178 Å². The summed E-state index contributed by atoms with van der Waals surface area (Å²) in [5, 5.41) is 9.28. The fourth-order valence-corrected chi connectivity index (χ4v) is 3.90. The lowest BCUT2D eigenvalue weighted by Crippen LogP contribution is -2.31. The minimum absolute atomic E-state index is 0.152. The van der Waals surface area contributed by atoms with Crippen LogP contribution in [0.3, 0.4) is 0 Å². The molecule has 8 heteroatoms. The number of benzene rings is 2. The molecule has 0 spiro atoms. The summed E-state index contributed by atoms with van der Waals surface area (Å²) in [6.07, 6.45) is 0. The molecule has 3 N–H and O–H groups in total. The van der Waals surface area contributed by atoms with Crippen molar-refractivity contribution >= 4 is 50.7 Å². The second-order valence-electron chi connectivity index (χ2n) is 6.71. The van der Waals surface area contributed by atoms with E-state index in [4.69, 9.17) is 4.74 Å². The van der Waals surface area contributed by atoms with E-state index in [1.807, 2.05) is 37.3 Å². The van der Waals surface area contributed by atoms with Crippen LogP contribution in [0.1, 0.15) is 42.0 Å². The van der Waals surface area contributed by atoms with E-state index in [9.17, 15) is 14.4 Å². The summed E-state index contributed by atoms with van der Waals surface area (Å²) in [4.78, 5) is 36.1. The highest BCUT2D eigenvalue weighted by Crippen LogP contribution is 2.28. The summed E-state index contributed by atoms with van der Waals surface area (Å²) in [6, 6.07) is 13.9. The molecular formula is C22H23N3O4S. The quantitative estimate of drug-likeness (QED) is 0.489. The van der Waals surface area contributed by atoms with Gasteiger partial charge in [0.15, 0.2) is 0 Å². The van der Waals surface area contributed by atoms with Gasteiger partial charge >= 0.3 is 12.0 Å². The van der Waals surface area contributed by atoms with E-state index in [-0.39, 0.29) is 23.9 Å². The smallest absolute Gasteiger partial charge is 0.348 e. The number of hydrogen-bond donors (Lipinski definition) is 3. The lowest BCUT2D eigenvalue weighted by molar-refractivity contribution is -0.114. The monoisotopic (exact) mass is 425 g/mol. The summed E-state index contributed by atoms with van der Waals surface area (Å²) in [7, 11) is 0. The van der Waals surface area contributed by atoms with Crippen LogP contribution in [0.5, 0.6) is 0 Å². The van der Waals surface area contributed by atoms with Crippen LogP contribution >= 0.6 is 11.3 Å². The molecule has 0 aliphatic heterocycles. The molecule has 0 saturated carbocycles.